The van der Waals surface area contributed by atoms with E-state index < -0.39 is 11.3 Å². The molecule has 0 aliphatic heterocycles. The number of thioether (sulfide) groups is 1. The molecule has 0 saturated heterocycles. The molecule has 1 aromatic carbocycles. The van der Waals surface area contributed by atoms with Crippen LogP contribution in [0.25, 0.3) is 0 Å². The van der Waals surface area contributed by atoms with Crippen LogP contribution in [0.4, 0.5) is 4.79 Å². The van der Waals surface area contributed by atoms with Crippen molar-refractivity contribution in [3.63, 3.8) is 0 Å². The molecule has 4 nitrogen and oxygen atoms in total. The van der Waals surface area contributed by atoms with Crippen molar-refractivity contribution in [2.45, 2.75) is 36.0 Å². The second-order valence-corrected chi connectivity index (χ2v) is 6.80. The maximum absolute atomic E-state index is 11.9. The Morgan fingerprint density at radius 1 is 1.35 bits per heavy atom. The number of nitrogens with one attached hydrogen (secondary N) is 2. The quantitative estimate of drug-likeness (QED) is 0.830. The fraction of sp³-hybridized carbons (Fsp3) is 0.385. The van der Waals surface area contributed by atoms with Crippen LogP contribution < -0.4 is 10.6 Å². The molecule has 1 aliphatic rings. The molecular formula is C13H14Cl2N2O2S. The molecule has 0 aromatic heterocycles. The van der Waals surface area contributed by atoms with Gasteiger partial charge in [-0.15, -0.1) is 11.8 Å². The van der Waals surface area contributed by atoms with Gasteiger partial charge in [-0.1, -0.05) is 23.2 Å². The van der Waals surface area contributed by atoms with Gasteiger partial charge < -0.3 is 5.32 Å². The Balaban J connectivity index is 1.89. The van der Waals surface area contributed by atoms with Gasteiger partial charge in [0.05, 0.1) is 10.3 Å². The molecule has 0 heterocycles. The van der Waals surface area contributed by atoms with Crippen molar-refractivity contribution in [2.75, 3.05) is 0 Å². The summed E-state index contributed by atoms with van der Waals surface area (Å²) in [6.45, 7) is 1.71. The molecule has 20 heavy (non-hydrogen) atoms. The van der Waals surface area contributed by atoms with Gasteiger partial charge in [0.2, 0.25) is 5.91 Å². The zero-order chi connectivity index (χ0) is 14.7. The Morgan fingerprint density at radius 2 is 2.05 bits per heavy atom. The summed E-state index contributed by atoms with van der Waals surface area (Å²) in [5.74, 6) is -0.357. The molecule has 1 atom stereocenters. The fourth-order valence-electron chi connectivity index (χ4n) is 1.47. The maximum atomic E-state index is 11.9. The number of rotatable bonds is 4. The molecule has 1 unspecified atom stereocenters. The van der Waals surface area contributed by atoms with E-state index in [9.17, 15) is 9.59 Å². The molecule has 2 rings (SSSR count). The third-order valence-corrected chi connectivity index (χ3v) is 4.55. The van der Waals surface area contributed by atoms with E-state index in [1.165, 1.54) is 11.8 Å². The minimum atomic E-state index is -0.448. The Kier molecular flexibility index (Phi) is 5.18. The predicted octanol–water partition coefficient (Wildman–Crippen LogP) is 3.46. The lowest BCUT2D eigenvalue weighted by atomic mass is 10.4. The van der Waals surface area contributed by atoms with E-state index in [0.29, 0.717) is 14.9 Å². The predicted molar refractivity (Wildman–Crippen MR) is 81.5 cm³/mol. The Morgan fingerprint density at radius 3 is 2.70 bits per heavy atom. The van der Waals surface area contributed by atoms with Crippen LogP contribution in [0.15, 0.2) is 23.1 Å². The fourth-order valence-corrected chi connectivity index (χ4v) is 2.88. The topological polar surface area (TPSA) is 58.2 Å². The third kappa shape index (κ3) is 4.58. The van der Waals surface area contributed by atoms with Crippen molar-refractivity contribution >= 4 is 46.9 Å². The molecule has 1 aliphatic carbocycles. The molecule has 3 amide bonds. The molecule has 1 aromatic rings. The highest BCUT2D eigenvalue weighted by atomic mass is 35.5. The number of carbonyl (C=O) groups is 2. The minimum Gasteiger partial charge on any atom is -0.335 e. The number of amides is 3. The van der Waals surface area contributed by atoms with E-state index >= 15 is 0 Å². The van der Waals surface area contributed by atoms with E-state index in [1.807, 2.05) is 0 Å². The van der Waals surface area contributed by atoms with Gasteiger partial charge in [-0.25, -0.2) is 4.79 Å². The summed E-state index contributed by atoms with van der Waals surface area (Å²) < 4.78 is 0. The van der Waals surface area contributed by atoms with Gasteiger partial charge in [0.15, 0.2) is 0 Å². The molecule has 108 valence electrons. The van der Waals surface area contributed by atoms with Crippen LogP contribution in [0.5, 0.6) is 0 Å². The van der Waals surface area contributed by atoms with Crippen molar-refractivity contribution in [3.8, 4) is 0 Å². The first-order chi connectivity index (χ1) is 9.45. The molecule has 7 heteroatoms. The second-order valence-electron chi connectivity index (χ2n) is 4.57. The zero-order valence-electron chi connectivity index (χ0n) is 10.8. The highest BCUT2D eigenvalue weighted by Crippen LogP contribution is 2.32. The van der Waals surface area contributed by atoms with Gasteiger partial charge in [-0.05, 0) is 38.0 Å². The summed E-state index contributed by atoms with van der Waals surface area (Å²) in [6, 6.07) is 4.83. The van der Waals surface area contributed by atoms with Crippen LogP contribution in [-0.2, 0) is 4.79 Å². The summed E-state index contributed by atoms with van der Waals surface area (Å²) in [7, 11) is 0. The largest absolute Gasteiger partial charge is 0.335 e. The van der Waals surface area contributed by atoms with E-state index in [4.69, 9.17) is 23.2 Å². The summed E-state index contributed by atoms with van der Waals surface area (Å²) >= 11 is 13.2. The number of carbonyl (C=O) groups excluding carboxylic acids is 2. The van der Waals surface area contributed by atoms with Crippen molar-refractivity contribution in [1.29, 1.82) is 0 Å². The second kappa shape index (κ2) is 6.70. The molecule has 0 spiro atoms. The van der Waals surface area contributed by atoms with Crippen molar-refractivity contribution in [3.05, 3.63) is 28.2 Å². The van der Waals surface area contributed by atoms with Crippen molar-refractivity contribution in [2.24, 2.45) is 0 Å². The average Bonchev–Trinajstić information content (AvgIpc) is 3.17. The first kappa shape index (κ1) is 15.5. The van der Waals surface area contributed by atoms with Crippen LogP contribution in [-0.4, -0.2) is 23.2 Å². The van der Waals surface area contributed by atoms with Gasteiger partial charge in [0, 0.05) is 16.0 Å². The van der Waals surface area contributed by atoms with Crippen molar-refractivity contribution in [1.82, 2.24) is 10.6 Å². The Hall–Kier alpha value is -0.910. The van der Waals surface area contributed by atoms with Gasteiger partial charge >= 0.3 is 6.03 Å². The Labute approximate surface area is 131 Å². The van der Waals surface area contributed by atoms with Crippen LogP contribution >= 0.6 is 35.0 Å². The molecular weight excluding hydrogens is 319 g/mol. The molecule has 0 radical (unpaired) electrons. The van der Waals surface area contributed by atoms with Gasteiger partial charge in [0.1, 0.15) is 0 Å². The number of halogens is 2. The lowest BCUT2D eigenvalue weighted by Gasteiger charge is -2.12. The normalized spacial score (nSPS) is 15.6. The summed E-state index contributed by atoms with van der Waals surface area (Å²) in [5, 5.41) is 5.65. The standard InChI is InChI=1S/C13H14Cl2N2O2S/c1-7(12(18)17-13(19)16-9-3-4-9)20-11-6-8(14)2-5-10(11)15/h2,5-7,9H,3-4H2,1H3,(H2,16,17,18,19). The zero-order valence-corrected chi connectivity index (χ0v) is 13.1. The lowest BCUT2D eigenvalue weighted by molar-refractivity contribution is -0.119. The average molecular weight is 333 g/mol. The van der Waals surface area contributed by atoms with Crippen molar-refractivity contribution < 1.29 is 9.59 Å². The van der Waals surface area contributed by atoms with Crippen LogP contribution in [0, 0.1) is 0 Å². The summed E-state index contributed by atoms with van der Waals surface area (Å²) in [5.41, 5.74) is 0. The number of urea groups is 1. The highest BCUT2D eigenvalue weighted by Gasteiger charge is 2.25. The van der Waals surface area contributed by atoms with E-state index in [-0.39, 0.29) is 11.9 Å². The minimum absolute atomic E-state index is 0.216. The van der Waals surface area contributed by atoms with Crippen LogP contribution in [0.1, 0.15) is 19.8 Å². The Bertz CT molecular complexity index is 535. The highest BCUT2D eigenvalue weighted by molar-refractivity contribution is 8.00. The maximum Gasteiger partial charge on any atom is 0.321 e. The van der Waals surface area contributed by atoms with Gasteiger partial charge in [0.25, 0.3) is 0 Å². The van der Waals surface area contributed by atoms with Gasteiger partial charge in [-0.3, -0.25) is 10.1 Å². The molecule has 1 saturated carbocycles. The summed E-state index contributed by atoms with van der Waals surface area (Å²) in [6.07, 6.45) is 1.95. The molecule has 2 N–H and O–H groups in total. The first-order valence-electron chi connectivity index (χ1n) is 6.19. The van der Waals surface area contributed by atoms with E-state index in [0.717, 1.165) is 12.8 Å². The lowest BCUT2D eigenvalue weighted by Crippen LogP contribution is -2.43. The SMILES string of the molecule is CC(Sc1cc(Cl)ccc1Cl)C(=O)NC(=O)NC1CC1. The number of imide groups is 1. The van der Waals surface area contributed by atoms with Crippen LogP contribution in [0.2, 0.25) is 10.0 Å². The number of hydrogen-bond acceptors (Lipinski definition) is 3. The number of hydrogen-bond donors (Lipinski definition) is 2. The van der Waals surface area contributed by atoms with E-state index in [1.54, 1.807) is 25.1 Å². The molecule has 1 fully saturated rings. The van der Waals surface area contributed by atoms with Crippen LogP contribution in [0.3, 0.4) is 0 Å². The first-order valence-corrected chi connectivity index (χ1v) is 7.82. The smallest absolute Gasteiger partial charge is 0.321 e. The van der Waals surface area contributed by atoms with Gasteiger partial charge in [-0.2, -0.15) is 0 Å². The summed E-state index contributed by atoms with van der Waals surface area (Å²) in [4.78, 5) is 24.1. The molecule has 0 bridgehead atoms. The number of benzene rings is 1. The monoisotopic (exact) mass is 332 g/mol. The van der Waals surface area contributed by atoms with E-state index in [2.05, 4.69) is 10.6 Å². The third-order valence-electron chi connectivity index (χ3n) is 2.72.